The lowest BCUT2D eigenvalue weighted by molar-refractivity contribution is -0.134. The zero-order chi connectivity index (χ0) is 10.8. The van der Waals surface area contributed by atoms with Crippen molar-refractivity contribution in [3.05, 3.63) is 0 Å². The second-order valence-electron chi connectivity index (χ2n) is 5.15. The van der Waals surface area contributed by atoms with E-state index in [-0.39, 0.29) is 5.92 Å². The van der Waals surface area contributed by atoms with Gasteiger partial charge in [0.1, 0.15) is 0 Å². The van der Waals surface area contributed by atoms with Crippen molar-refractivity contribution in [3.63, 3.8) is 0 Å². The van der Waals surface area contributed by atoms with Gasteiger partial charge in [-0.05, 0) is 31.7 Å². The van der Waals surface area contributed by atoms with E-state index in [1.807, 2.05) is 14.0 Å². The lowest BCUT2D eigenvalue weighted by Gasteiger charge is -2.21. The van der Waals surface area contributed by atoms with Crippen LogP contribution in [0.2, 0.25) is 0 Å². The number of hydrogen-bond acceptors (Lipinski definition) is 2. The van der Waals surface area contributed by atoms with Gasteiger partial charge in [0.15, 0.2) is 0 Å². The highest BCUT2D eigenvalue weighted by Crippen LogP contribution is 2.37. The summed E-state index contributed by atoms with van der Waals surface area (Å²) >= 11 is 0. The van der Waals surface area contributed by atoms with Gasteiger partial charge < -0.3 is 10.2 Å². The maximum Gasteiger partial charge on any atom is 0.226 e. The first-order valence-corrected chi connectivity index (χ1v) is 6.15. The minimum atomic E-state index is 0.133. The lowest BCUT2D eigenvalue weighted by Crippen LogP contribution is -2.37. The van der Waals surface area contributed by atoms with Crippen molar-refractivity contribution < 1.29 is 4.79 Å². The van der Waals surface area contributed by atoms with Gasteiger partial charge in [0, 0.05) is 25.6 Å². The molecule has 3 atom stereocenters. The number of nitrogens with one attached hydrogen (secondary N) is 1. The lowest BCUT2D eigenvalue weighted by atomic mass is 10.0. The Morgan fingerprint density at radius 2 is 2.00 bits per heavy atom. The quantitative estimate of drug-likeness (QED) is 0.756. The molecule has 1 aliphatic heterocycles. The monoisotopic (exact) mass is 210 g/mol. The average Bonchev–Trinajstić information content (AvgIpc) is 2.75. The van der Waals surface area contributed by atoms with Crippen LogP contribution >= 0.6 is 0 Å². The largest absolute Gasteiger partial charge is 0.342 e. The first-order chi connectivity index (χ1) is 7.22. The third-order valence-corrected chi connectivity index (χ3v) is 3.97. The molecule has 0 aromatic heterocycles. The summed E-state index contributed by atoms with van der Waals surface area (Å²) in [4.78, 5) is 14.1. The van der Waals surface area contributed by atoms with Crippen LogP contribution in [0.15, 0.2) is 0 Å². The van der Waals surface area contributed by atoms with Crippen LogP contribution in [0.4, 0.5) is 0 Å². The van der Waals surface area contributed by atoms with Crippen molar-refractivity contribution in [2.75, 3.05) is 26.7 Å². The Morgan fingerprint density at radius 1 is 1.40 bits per heavy atom. The molecule has 2 rings (SSSR count). The molecule has 1 saturated carbocycles. The number of nitrogens with zero attached hydrogens (tertiary/aromatic N) is 1. The van der Waals surface area contributed by atoms with Crippen molar-refractivity contribution in [2.45, 2.75) is 26.2 Å². The molecular weight excluding hydrogens is 188 g/mol. The summed E-state index contributed by atoms with van der Waals surface area (Å²) < 4.78 is 0. The van der Waals surface area contributed by atoms with Gasteiger partial charge in [-0.3, -0.25) is 4.79 Å². The molecule has 3 unspecified atom stereocenters. The SMILES string of the molecule is CNCC(C)C(=O)N1CC2CCCC2C1. The summed E-state index contributed by atoms with van der Waals surface area (Å²) in [6, 6.07) is 0. The van der Waals surface area contributed by atoms with Crippen molar-refractivity contribution in [1.82, 2.24) is 10.2 Å². The number of carbonyl (C=O) groups excluding carboxylic acids is 1. The van der Waals surface area contributed by atoms with E-state index >= 15 is 0 Å². The van der Waals surface area contributed by atoms with Crippen LogP contribution in [0, 0.1) is 17.8 Å². The molecule has 0 spiro atoms. The maximum absolute atomic E-state index is 12.1. The second kappa shape index (κ2) is 4.52. The van der Waals surface area contributed by atoms with Crippen LogP contribution in [0.25, 0.3) is 0 Å². The van der Waals surface area contributed by atoms with Crippen molar-refractivity contribution >= 4 is 5.91 Å². The molecule has 1 heterocycles. The van der Waals surface area contributed by atoms with Gasteiger partial charge in [-0.2, -0.15) is 0 Å². The molecule has 0 aromatic rings. The predicted molar refractivity (Wildman–Crippen MR) is 60.5 cm³/mol. The normalized spacial score (nSPS) is 31.7. The van der Waals surface area contributed by atoms with Gasteiger partial charge in [-0.15, -0.1) is 0 Å². The number of fused-ring (bicyclic) bond motifs is 1. The minimum Gasteiger partial charge on any atom is -0.342 e. The van der Waals surface area contributed by atoms with Gasteiger partial charge in [0.25, 0.3) is 0 Å². The van der Waals surface area contributed by atoms with Crippen molar-refractivity contribution in [1.29, 1.82) is 0 Å². The minimum absolute atomic E-state index is 0.133. The third-order valence-electron chi connectivity index (χ3n) is 3.97. The third kappa shape index (κ3) is 2.17. The fourth-order valence-corrected chi connectivity index (χ4v) is 3.12. The van der Waals surface area contributed by atoms with Crippen LogP contribution in [0.1, 0.15) is 26.2 Å². The topological polar surface area (TPSA) is 32.3 Å². The van der Waals surface area contributed by atoms with Gasteiger partial charge in [0.2, 0.25) is 5.91 Å². The standard InChI is InChI=1S/C12H22N2O/c1-9(6-13-2)12(15)14-7-10-4-3-5-11(10)8-14/h9-11,13H,3-8H2,1-2H3. The Morgan fingerprint density at radius 3 is 2.53 bits per heavy atom. The molecule has 15 heavy (non-hydrogen) atoms. The summed E-state index contributed by atoms with van der Waals surface area (Å²) in [6.07, 6.45) is 4.06. The first-order valence-electron chi connectivity index (χ1n) is 6.15. The van der Waals surface area contributed by atoms with E-state index in [0.29, 0.717) is 5.91 Å². The van der Waals surface area contributed by atoms with E-state index in [1.54, 1.807) is 0 Å². The summed E-state index contributed by atoms with van der Waals surface area (Å²) in [6.45, 7) is 4.87. The predicted octanol–water partition coefficient (Wildman–Crippen LogP) is 1.10. The zero-order valence-electron chi connectivity index (χ0n) is 9.83. The molecule has 2 fully saturated rings. The molecule has 1 saturated heterocycles. The summed E-state index contributed by atoms with van der Waals surface area (Å²) in [5.41, 5.74) is 0. The highest BCUT2D eigenvalue weighted by Gasteiger charge is 2.38. The van der Waals surface area contributed by atoms with Crippen LogP contribution in [0.5, 0.6) is 0 Å². The molecule has 3 nitrogen and oxygen atoms in total. The first kappa shape index (κ1) is 10.9. The zero-order valence-corrected chi connectivity index (χ0v) is 9.83. The molecule has 1 amide bonds. The number of amides is 1. The Bertz CT molecular complexity index is 230. The molecule has 2 aliphatic rings. The summed E-state index contributed by atoms with van der Waals surface area (Å²) in [7, 11) is 1.91. The van der Waals surface area contributed by atoms with E-state index in [0.717, 1.165) is 31.5 Å². The van der Waals surface area contributed by atoms with E-state index in [4.69, 9.17) is 0 Å². The molecule has 0 radical (unpaired) electrons. The van der Waals surface area contributed by atoms with E-state index in [2.05, 4.69) is 10.2 Å². The number of hydrogen-bond donors (Lipinski definition) is 1. The van der Waals surface area contributed by atoms with Gasteiger partial charge in [0.05, 0.1) is 0 Å². The van der Waals surface area contributed by atoms with Crippen LogP contribution in [0.3, 0.4) is 0 Å². The molecule has 0 bridgehead atoms. The molecule has 1 N–H and O–H groups in total. The van der Waals surface area contributed by atoms with Crippen LogP contribution < -0.4 is 5.32 Å². The highest BCUT2D eigenvalue weighted by molar-refractivity contribution is 5.79. The maximum atomic E-state index is 12.1. The number of likely N-dealkylation sites (tertiary alicyclic amines) is 1. The van der Waals surface area contributed by atoms with Crippen molar-refractivity contribution in [2.24, 2.45) is 17.8 Å². The van der Waals surface area contributed by atoms with Crippen LogP contribution in [-0.4, -0.2) is 37.5 Å². The van der Waals surface area contributed by atoms with Gasteiger partial charge in [-0.1, -0.05) is 13.3 Å². The Balaban J connectivity index is 1.87. The molecule has 0 aromatic carbocycles. The average molecular weight is 210 g/mol. The van der Waals surface area contributed by atoms with E-state index in [9.17, 15) is 4.79 Å². The van der Waals surface area contributed by atoms with E-state index < -0.39 is 0 Å². The summed E-state index contributed by atoms with van der Waals surface area (Å²) in [5, 5.41) is 3.07. The van der Waals surface area contributed by atoms with Gasteiger partial charge >= 0.3 is 0 Å². The number of carbonyl (C=O) groups is 1. The van der Waals surface area contributed by atoms with Crippen LogP contribution in [-0.2, 0) is 4.79 Å². The fourth-order valence-electron chi connectivity index (χ4n) is 3.12. The highest BCUT2D eigenvalue weighted by atomic mass is 16.2. The molecule has 3 heteroatoms. The number of rotatable bonds is 3. The van der Waals surface area contributed by atoms with Crippen molar-refractivity contribution in [3.8, 4) is 0 Å². The molecule has 86 valence electrons. The molecule has 1 aliphatic carbocycles. The smallest absolute Gasteiger partial charge is 0.226 e. The van der Waals surface area contributed by atoms with E-state index in [1.165, 1.54) is 19.3 Å². The fraction of sp³-hybridized carbons (Fsp3) is 0.917. The Labute approximate surface area is 92.2 Å². The molecular formula is C12H22N2O. The second-order valence-corrected chi connectivity index (χ2v) is 5.15. The summed E-state index contributed by atoms with van der Waals surface area (Å²) in [5.74, 6) is 2.11. The Kier molecular flexibility index (Phi) is 3.29. The Hall–Kier alpha value is -0.570. The van der Waals surface area contributed by atoms with Gasteiger partial charge in [-0.25, -0.2) is 0 Å².